The minimum Gasteiger partial charge on any atom is -0.381 e. The van der Waals surface area contributed by atoms with Gasteiger partial charge in [-0.15, -0.1) is 0 Å². The van der Waals surface area contributed by atoms with Crippen molar-refractivity contribution in [3.05, 3.63) is 77.9 Å². The molecule has 3 heterocycles. The summed E-state index contributed by atoms with van der Waals surface area (Å²) in [7, 11) is -4.40. The maximum Gasteiger partial charge on any atom is 0.220 e. The molecular formula is C25H22F3N5O3S. The summed E-state index contributed by atoms with van der Waals surface area (Å²) in [6, 6.07) is 7.98. The summed E-state index contributed by atoms with van der Waals surface area (Å²) in [6.45, 7) is 1.13. The number of aromatic nitrogens is 4. The van der Waals surface area contributed by atoms with Crippen molar-refractivity contribution in [3.63, 3.8) is 0 Å². The van der Waals surface area contributed by atoms with Gasteiger partial charge in [0.15, 0.2) is 9.84 Å². The van der Waals surface area contributed by atoms with E-state index in [-0.39, 0.29) is 28.8 Å². The van der Waals surface area contributed by atoms with Crippen LogP contribution in [0.15, 0.2) is 59.8 Å². The van der Waals surface area contributed by atoms with Gasteiger partial charge in [0.1, 0.15) is 28.0 Å². The fourth-order valence-corrected chi connectivity index (χ4v) is 5.76. The molecule has 0 saturated carbocycles. The highest BCUT2D eigenvalue weighted by molar-refractivity contribution is 7.90. The van der Waals surface area contributed by atoms with Crippen LogP contribution in [-0.4, -0.2) is 41.4 Å². The second-order valence-corrected chi connectivity index (χ2v) is 10.6. The molecular weight excluding hydrogens is 507 g/mol. The molecule has 4 aromatic rings. The Hall–Kier alpha value is -3.77. The van der Waals surface area contributed by atoms with Gasteiger partial charge in [-0.2, -0.15) is 5.10 Å². The predicted octanol–water partition coefficient (Wildman–Crippen LogP) is 4.33. The number of hydrogen-bond acceptors (Lipinski definition) is 7. The third-order valence-electron chi connectivity index (χ3n) is 6.15. The summed E-state index contributed by atoms with van der Waals surface area (Å²) < 4.78 is 76.6. The van der Waals surface area contributed by atoms with Gasteiger partial charge in [0.05, 0.1) is 17.5 Å². The fraction of sp³-hybridized carbons (Fsp3) is 0.240. The average Bonchev–Trinajstić information content (AvgIpc) is 3.32. The molecule has 0 amide bonds. The van der Waals surface area contributed by atoms with Crippen molar-refractivity contribution >= 4 is 15.8 Å². The fourth-order valence-electron chi connectivity index (χ4n) is 4.31. The lowest BCUT2D eigenvalue weighted by molar-refractivity contribution is 0.0663. The SMILES string of the molecule is Nc1nccc(-c2cn(C3CCOCC3)nc2-c2cccc(CS(=O)(=O)c3cc(F)ccc3F)c2F)n1. The largest absolute Gasteiger partial charge is 0.381 e. The quantitative estimate of drug-likeness (QED) is 0.396. The lowest BCUT2D eigenvalue weighted by Crippen LogP contribution is -2.19. The van der Waals surface area contributed by atoms with Crippen LogP contribution in [-0.2, 0) is 20.3 Å². The number of ether oxygens (including phenoxy) is 1. The first-order chi connectivity index (χ1) is 17.7. The molecule has 0 bridgehead atoms. The molecule has 5 rings (SSSR count). The Bertz CT molecular complexity index is 1570. The molecule has 2 aromatic heterocycles. The van der Waals surface area contributed by atoms with Crippen LogP contribution in [0.1, 0.15) is 24.4 Å². The average molecular weight is 530 g/mol. The number of nitrogens with zero attached hydrogens (tertiary/aromatic N) is 4. The molecule has 0 radical (unpaired) electrons. The Kier molecular flexibility index (Phi) is 6.69. The normalized spacial score (nSPS) is 14.7. The lowest BCUT2D eigenvalue weighted by atomic mass is 10.0. The second-order valence-electron chi connectivity index (χ2n) is 8.63. The maximum atomic E-state index is 15.9. The summed E-state index contributed by atoms with van der Waals surface area (Å²) in [6.07, 6.45) is 4.65. The van der Waals surface area contributed by atoms with Gasteiger partial charge >= 0.3 is 0 Å². The van der Waals surface area contributed by atoms with Crippen molar-refractivity contribution in [2.45, 2.75) is 29.5 Å². The van der Waals surface area contributed by atoms with Crippen LogP contribution in [0.5, 0.6) is 0 Å². The summed E-state index contributed by atoms with van der Waals surface area (Å²) >= 11 is 0. The van der Waals surface area contributed by atoms with E-state index in [1.165, 1.54) is 24.4 Å². The Morgan fingerprint density at radius 3 is 2.59 bits per heavy atom. The number of halogens is 3. The first kappa shape index (κ1) is 24.9. The molecule has 0 spiro atoms. The van der Waals surface area contributed by atoms with Crippen molar-refractivity contribution in [2.75, 3.05) is 18.9 Å². The highest BCUT2D eigenvalue weighted by Gasteiger charge is 2.26. The van der Waals surface area contributed by atoms with Gasteiger partial charge in [0.2, 0.25) is 5.95 Å². The van der Waals surface area contributed by atoms with E-state index in [0.29, 0.717) is 43.4 Å². The molecule has 0 aliphatic carbocycles. The number of nitrogens with two attached hydrogens (primary N) is 1. The third-order valence-corrected chi connectivity index (χ3v) is 7.83. The minimum atomic E-state index is -4.40. The smallest absolute Gasteiger partial charge is 0.220 e. The van der Waals surface area contributed by atoms with Crippen LogP contribution in [0.3, 0.4) is 0 Å². The van der Waals surface area contributed by atoms with Crippen LogP contribution >= 0.6 is 0 Å². The Balaban J connectivity index is 1.59. The van der Waals surface area contributed by atoms with Gasteiger partial charge in [-0.05, 0) is 43.2 Å². The number of sulfone groups is 1. The van der Waals surface area contributed by atoms with E-state index in [0.717, 1.165) is 12.1 Å². The summed E-state index contributed by atoms with van der Waals surface area (Å²) in [5, 5.41) is 4.65. The van der Waals surface area contributed by atoms with Gasteiger partial charge in [-0.3, -0.25) is 4.68 Å². The van der Waals surface area contributed by atoms with Crippen LogP contribution in [0, 0.1) is 17.5 Å². The predicted molar refractivity (Wildman–Crippen MR) is 129 cm³/mol. The van der Waals surface area contributed by atoms with Crippen LogP contribution in [0.2, 0.25) is 0 Å². The molecule has 2 N–H and O–H groups in total. The molecule has 0 atom stereocenters. The van der Waals surface area contributed by atoms with Crippen LogP contribution < -0.4 is 5.73 Å². The van der Waals surface area contributed by atoms with E-state index >= 15 is 4.39 Å². The molecule has 1 aliphatic rings. The Labute approximate surface area is 210 Å². The van der Waals surface area contributed by atoms with Crippen LogP contribution in [0.4, 0.5) is 19.1 Å². The van der Waals surface area contributed by atoms with Crippen molar-refractivity contribution < 1.29 is 26.3 Å². The van der Waals surface area contributed by atoms with Gasteiger partial charge in [-0.25, -0.2) is 31.6 Å². The van der Waals surface area contributed by atoms with E-state index in [1.807, 2.05) is 0 Å². The van der Waals surface area contributed by atoms with Gasteiger partial charge in [0, 0.05) is 42.3 Å². The molecule has 2 aromatic carbocycles. The van der Waals surface area contributed by atoms with Gasteiger partial charge < -0.3 is 10.5 Å². The molecule has 12 heteroatoms. The van der Waals surface area contributed by atoms with Crippen LogP contribution in [0.25, 0.3) is 22.5 Å². The van der Waals surface area contributed by atoms with E-state index < -0.39 is 37.9 Å². The van der Waals surface area contributed by atoms with Gasteiger partial charge in [-0.1, -0.05) is 12.1 Å². The number of nitrogen functional groups attached to an aromatic ring is 1. The molecule has 0 unspecified atom stereocenters. The minimum absolute atomic E-state index is 0.0167. The number of hydrogen-bond donors (Lipinski definition) is 1. The zero-order valence-electron chi connectivity index (χ0n) is 19.4. The number of anilines is 1. The van der Waals surface area contributed by atoms with Crippen molar-refractivity contribution in [1.29, 1.82) is 0 Å². The number of rotatable bonds is 6. The molecule has 8 nitrogen and oxygen atoms in total. The van der Waals surface area contributed by atoms with E-state index in [4.69, 9.17) is 10.5 Å². The highest BCUT2D eigenvalue weighted by Crippen LogP contribution is 2.35. The highest BCUT2D eigenvalue weighted by atomic mass is 32.2. The first-order valence-corrected chi connectivity index (χ1v) is 13.1. The topological polar surface area (TPSA) is 113 Å². The molecule has 1 aliphatic heterocycles. The molecule has 192 valence electrons. The van der Waals surface area contributed by atoms with E-state index in [9.17, 15) is 17.2 Å². The Morgan fingerprint density at radius 1 is 1.05 bits per heavy atom. The van der Waals surface area contributed by atoms with Crippen molar-refractivity contribution in [3.8, 4) is 22.5 Å². The van der Waals surface area contributed by atoms with E-state index in [2.05, 4.69) is 15.1 Å². The van der Waals surface area contributed by atoms with Crippen molar-refractivity contribution in [2.24, 2.45) is 0 Å². The summed E-state index contributed by atoms with van der Waals surface area (Å²) in [5.41, 5.74) is 6.72. The van der Waals surface area contributed by atoms with E-state index in [1.54, 1.807) is 16.9 Å². The monoisotopic (exact) mass is 529 g/mol. The zero-order valence-corrected chi connectivity index (χ0v) is 20.3. The maximum absolute atomic E-state index is 15.9. The number of benzene rings is 2. The Morgan fingerprint density at radius 2 is 1.84 bits per heavy atom. The first-order valence-electron chi connectivity index (χ1n) is 11.4. The second kappa shape index (κ2) is 9.94. The summed E-state index contributed by atoms with van der Waals surface area (Å²) in [5.74, 6) is -3.72. The standard InChI is InChI=1S/C25H22F3N5O3S/c26-16-4-5-20(27)22(12-16)37(34,35)14-15-2-1-3-18(23(15)28)24-19(21-6-9-30-25(29)31-21)13-33(32-24)17-7-10-36-11-8-17/h1-6,9,12-13,17H,7-8,10-11,14H2,(H2,29,30,31). The van der Waals surface area contributed by atoms with Gasteiger partial charge in [0.25, 0.3) is 0 Å². The zero-order chi connectivity index (χ0) is 26.2. The molecule has 1 saturated heterocycles. The lowest BCUT2D eigenvalue weighted by Gasteiger charge is -2.22. The molecule has 37 heavy (non-hydrogen) atoms. The molecule has 1 fully saturated rings. The summed E-state index contributed by atoms with van der Waals surface area (Å²) in [4.78, 5) is 7.32. The van der Waals surface area contributed by atoms with Crippen molar-refractivity contribution in [1.82, 2.24) is 19.7 Å². The third kappa shape index (κ3) is 5.07.